The normalized spacial score (nSPS) is 43.7. The highest BCUT2D eigenvalue weighted by molar-refractivity contribution is 7.87. The fourth-order valence-electron chi connectivity index (χ4n) is 1.97. The number of alkyl halides is 1. The standard InChI is InChI=1S/C8H10ClNO4S/c1-8(2-9)3-10-5(11)4(7(12)13)6(10)15(8)14/h4,6H,2-3H2,1H3,(H,12,13)/t4-,6-,8-,15?/m0/s1. The third-order valence-corrected chi connectivity index (χ3v) is 5.86. The Morgan fingerprint density at radius 3 is 2.87 bits per heavy atom. The summed E-state index contributed by atoms with van der Waals surface area (Å²) >= 11 is 5.70. The van der Waals surface area contributed by atoms with Gasteiger partial charge in [-0.05, 0) is 6.92 Å². The number of hydrogen-bond acceptors (Lipinski definition) is 3. The van der Waals surface area contributed by atoms with Crippen LogP contribution in [-0.4, -0.2) is 48.6 Å². The van der Waals surface area contributed by atoms with Gasteiger partial charge in [0.15, 0.2) is 5.92 Å². The molecule has 2 aliphatic heterocycles. The highest BCUT2D eigenvalue weighted by Crippen LogP contribution is 2.42. The van der Waals surface area contributed by atoms with Gasteiger partial charge in [-0.3, -0.25) is 13.8 Å². The van der Waals surface area contributed by atoms with Gasteiger partial charge in [-0.2, -0.15) is 0 Å². The Morgan fingerprint density at radius 1 is 1.80 bits per heavy atom. The Kier molecular flexibility index (Phi) is 2.31. The summed E-state index contributed by atoms with van der Waals surface area (Å²) in [7, 11) is -1.39. The van der Waals surface area contributed by atoms with E-state index in [1.54, 1.807) is 6.92 Å². The van der Waals surface area contributed by atoms with E-state index in [9.17, 15) is 13.8 Å². The lowest BCUT2D eigenvalue weighted by Crippen LogP contribution is -2.61. The molecule has 0 spiro atoms. The maximum atomic E-state index is 11.9. The molecular formula is C8H10ClNO4S. The predicted octanol–water partition coefficient (Wildman–Crippen LogP) is -0.385. The van der Waals surface area contributed by atoms with Crippen molar-refractivity contribution >= 4 is 34.3 Å². The van der Waals surface area contributed by atoms with Gasteiger partial charge < -0.3 is 10.0 Å². The fraction of sp³-hybridized carbons (Fsp3) is 0.750. The number of carbonyl (C=O) groups is 2. The minimum atomic E-state index is -1.39. The number of rotatable bonds is 2. The van der Waals surface area contributed by atoms with E-state index in [-0.39, 0.29) is 12.4 Å². The van der Waals surface area contributed by atoms with Crippen LogP contribution >= 0.6 is 11.6 Å². The number of β-lactam (4-membered cyclic amide) rings is 1. The smallest absolute Gasteiger partial charge is 0.319 e. The molecule has 84 valence electrons. The second kappa shape index (κ2) is 3.18. The van der Waals surface area contributed by atoms with Crippen LogP contribution in [0, 0.1) is 5.92 Å². The molecule has 4 atom stereocenters. The van der Waals surface area contributed by atoms with Gasteiger partial charge >= 0.3 is 5.97 Å². The minimum Gasteiger partial charge on any atom is -0.481 e. The van der Waals surface area contributed by atoms with E-state index in [2.05, 4.69) is 0 Å². The Hall–Kier alpha value is -0.620. The van der Waals surface area contributed by atoms with Gasteiger partial charge in [-0.1, -0.05) is 0 Å². The van der Waals surface area contributed by atoms with Gasteiger partial charge in [0, 0.05) is 12.4 Å². The van der Waals surface area contributed by atoms with E-state index in [0.717, 1.165) is 0 Å². The molecule has 0 saturated carbocycles. The predicted molar refractivity (Wildman–Crippen MR) is 53.9 cm³/mol. The zero-order valence-electron chi connectivity index (χ0n) is 7.97. The Balaban J connectivity index is 2.29. The molecule has 5 nitrogen and oxygen atoms in total. The Morgan fingerprint density at radius 2 is 2.40 bits per heavy atom. The monoisotopic (exact) mass is 251 g/mol. The lowest BCUT2D eigenvalue weighted by molar-refractivity contribution is -0.163. The average Bonchev–Trinajstić information content (AvgIpc) is 2.40. The molecule has 2 heterocycles. The summed E-state index contributed by atoms with van der Waals surface area (Å²) in [6.07, 6.45) is 0. The topological polar surface area (TPSA) is 74.7 Å². The van der Waals surface area contributed by atoms with Crippen LogP contribution in [0.25, 0.3) is 0 Å². The van der Waals surface area contributed by atoms with E-state index in [1.165, 1.54) is 4.90 Å². The number of aliphatic carboxylic acids is 1. The van der Waals surface area contributed by atoms with Gasteiger partial charge in [0.2, 0.25) is 5.91 Å². The first kappa shape index (κ1) is 10.9. The zero-order valence-corrected chi connectivity index (χ0v) is 9.55. The van der Waals surface area contributed by atoms with Gasteiger partial charge in [0.1, 0.15) is 5.37 Å². The summed E-state index contributed by atoms with van der Waals surface area (Å²) in [5.41, 5.74) is 0. The van der Waals surface area contributed by atoms with Crippen LogP contribution in [0.3, 0.4) is 0 Å². The van der Waals surface area contributed by atoms with Crippen molar-refractivity contribution in [3.8, 4) is 0 Å². The van der Waals surface area contributed by atoms with Crippen molar-refractivity contribution in [3.05, 3.63) is 0 Å². The highest BCUT2D eigenvalue weighted by Gasteiger charge is 2.64. The zero-order chi connectivity index (χ0) is 11.4. The Bertz CT molecular complexity index is 374. The second-order valence-electron chi connectivity index (χ2n) is 4.05. The number of fused-ring (bicyclic) bond motifs is 1. The van der Waals surface area contributed by atoms with Crippen LogP contribution in [0.4, 0.5) is 0 Å². The first-order chi connectivity index (χ1) is 6.92. The van der Waals surface area contributed by atoms with E-state index < -0.39 is 38.7 Å². The molecule has 2 saturated heterocycles. The Labute approximate surface area is 93.8 Å². The fourth-order valence-corrected chi connectivity index (χ4v) is 4.22. The van der Waals surface area contributed by atoms with Crippen molar-refractivity contribution in [2.45, 2.75) is 17.0 Å². The van der Waals surface area contributed by atoms with E-state index in [0.29, 0.717) is 0 Å². The van der Waals surface area contributed by atoms with Gasteiger partial charge in [-0.15, -0.1) is 11.6 Å². The SMILES string of the molecule is C[C@]1(CCl)CN2C(=O)[C@H](C(=O)O)[C@@H]2S1=O. The number of carboxylic acids is 1. The molecule has 2 fully saturated rings. The lowest BCUT2D eigenvalue weighted by Gasteiger charge is -2.38. The number of hydrogen-bond donors (Lipinski definition) is 1. The van der Waals surface area contributed by atoms with Gasteiger partial charge in [-0.25, -0.2) is 0 Å². The van der Waals surface area contributed by atoms with Crippen molar-refractivity contribution in [3.63, 3.8) is 0 Å². The van der Waals surface area contributed by atoms with Gasteiger partial charge in [0.05, 0.1) is 15.5 Å². The summed E-state index contributed by atoms with van der Waals surface area (Å²) in [6.45, 7) is 2.00. The van der Waals surface area contributed by atoms with E-state index in [1.807, 2.05) is 0 Å². The third-order valence-electron chi connectivity index (χ3n) is 2.90. The molecule has 1 N–H and O–H groups in total. The van der Waals surface area contributed by atoms with Crippen molar-refractivity contribution in [2.24, 2.45) is 5.92 Å². The molecule has 1 unspecified atom stereocenters. The lowest BCUT2D eigenvalue weighted by atomic mass is 9.97. The van der Waals surface area contributed by atoms with Crippen LogP contribution in [0.15, 0.2) is 0 Å². The van der Waals surface area contributed by atoms with Crippen LogP contribution in [0.5, 0.6) is 0 Å². The molecule has 1 amide bonds. The first-order valence-corrected chi connectivity index (χ1v) is 6.17. The summed E-state index contributed by atoms with van der Waals surface area (Å²) in [4.78, 5) is 23.5. The molecule has 15 heavy (non-hydrogen) atoms. The number of halogens is 1. The quantitative estimate of drug-likeness (QED) is 0.412. The number of amides is 1. The van der Waals surface area contributed by atoms with Crippen LogP contribution in [0.1, 0.15) is 6.92 Å². The summed E-state index contributed by atoms with van der Waals surface area (Å²) < 4.78 is 11.3. The van der Waals surface area contributed by atoms with Crippen LogP contribution in [0.2, 0.25) is 0 Å². The maximum Gasteiger partial charge on any atom is 0.319 e. The van der Waals surface area contributed by atoms with Crippen molar-refractivity contribution in [1.29, 1.82) is 0 Å². The maximum absolute atomic E-state index is 11.9. The molecular weight excluding hydrogens is 242 g/mol. The summed E-state index contributed by atoms with van der Waals surface area (Å²) in [6, 6.07) is 0. The van der Waals surface area contributed by atoms with Crippen LogP contribution < -0.4 is 0 Å². The number of nitrogens with zero attached hydrogens (tertiary/aromatic N) is 1. The number of carbonyl (C=O) groups excluding carboxylic acids is 1. The van der Waals surface area contributed by atoms with Crippen molar-refractivity contribution in [2.75, 3.05) is 12.4 Å². The second-order valence-corrected chi connectivity index (χ2v) is 6.38. The summed E-state index contributed by atoms with van der Waals surface area (Å²) in [5.74, 6) is -2.63. The van der Waals surface area contributed by atoms with Gasteiger partial charge in [0.25, 0.3) is 0 Å². The third kappa shape index (κ3) is 1.24. The number of carboxylic acid groups (broad SMARTS) is 1. The average molecular weight is 252 g/mol. The van der Waals surface area contributed by atoms with Crippen molar-refractivity contribution < 1.29 is 18.9 Å². The molecule has 0 aromatic carbocycles. The first-order valence-electron chi connectivity index (χ1n) is 4.42. The molecule has 2 aliphatic rings. The van der Waals surface area contributed by atoms with E-state index in [4.69, 9.17) is 16.7 Å². The minimum absolute atomic E-state index is 0.159. The van der Waals surface area contributed by atoms with Crippen molar-refractivity contribution in [1.82, 2.24) is 4.90 Å². The molecule has 0 bridgehead atoms. The molecule has 0 radical (unpaired) electrons. The molecule has 0 aromatic rings. The summed E-state index contributed by atoms with van der Waals surface area (Å²) in [5, 5.41) is 8.11. The molecule has 0 aromatic heterocycles. The highest BCUT2D eigenvalue weighted by atomic mass is 35.5. The molecule has 0 aliphatic carbocycles. The largest absolute Gasteiger partial charge is 0.481 e. The molecule has 7 heteroatoms. The van der Waals surface area contributed by atoms with E-state index >= 15 is 0 Å². The molecule has 2 rings (SSSR count). The van der Waals surface area contributed by atoms with Crippen LogP contribution in [-0.2, 0) is 20.4 Å².